The molecule has 0 unspecified atom stereocenters. The van der Waals surface area contributed by atoms with Gasteiger partial charge in [0.1, 0.15) is 0 Å². The number of benzene rings is 3. The molecule has 1 N–H and O–H groups in total. The van der Waals surface area contributed by atoms with Crippen LogP contribution < -0.4 is 5.32 Å². The van der Waals surface area contributed by atoms with E-state index in [2.05, 4.69) is 28.9 Å². The summed E-state index contributed by atoms with van der Waals surface area (Å²) in [5, 5.41) is 6.04. The Kier molecular flexibility index (Phi) is 7.01. The molecule has 1 aliphatic heterocycles. The average Bonchev–Trinajstić information content (AvgIpc) is 3.19. The zero-order chi connectivity index (χ0) is 25.4. The van der Waals surface area contributed by atoms with Crippen LogP contribution in [0.1, 0.15) is 25.3 Å². The fourth-order valence-corrected chi connectivity index (χ4v) is 6.92. The van der Waals surface area contributed by atoms with Crippen LogP contribution in [0.25, 0.3) is 21.8 Å². The average molecular weight is 545 g/mol. The summed E-state index contributed by atoms with van der Waals surface area (Å²) in [6.07, 6.45) is 0.952. The number of carbonyl (C=O) groups excluding carboxylic acids is 1. The van der Waals surface area contributed by atoms with E-state index in [0.29, 0.717) is 41.5 Å². The van der Waals surface area contributed by atoms with Crippen LogP contribution in [0.3, 0.4) is 0 Å². The molecule has 1 aromatic heterocycles. The number of hydrogen-bond donors (Lipinski definition) is 1. The van der Waals surface area contributed by atoms with Gasteiger partial charge in [0.15, 0.2) is 0 Å². The van der Waals surface area contributed by atoms with Gasteiger partial charge in [-0.15, -0.1) is 0 Å². The van der Waals surface area contributed by atoms with E-state index >= 15 is 0 Å². The zero-order valence-electron chi connectivity index (χ0n) is 19.9. The van der Waals surface area contributed by atoms with Crippen molar-refractivity contribution in [3.05, 3.63) is 76.3 Å². The minimum Gasteiger partial charge on any atom is -0.341 e. The predicted molar refractivity (Wildman–Crippen MR) is 147 cm³/mol. The number of aromatic nitrogens is 1. The van der Waals surface area contributed by atoms with Crippen molar-refractivity contribution in [1.29, 1.82) is 0 Å². The van der Waals surface area contributed by atoms with Crippen LogP contribution in [-0.2, 0) is 27.1 Å². The van der Waals surface area contributed by atoms with Crippen molar-refractivity contribution in [2.75, 3.05) is 18.4 Å². The highest BCUT2D eigenvalue weighted by molar-refractivity contribution is 7.88. The lowest BCUT2D eigenvalue weighted by Gasteiger charge is -2.30. The number of rotatable bonds is 6. The Balaban J connectivity index is 1.25. The number of sulfonamides is 1. The number of nitrogens with zero attached hydrogens (tertiary/aromatic N) is 2. The first-order valence-electron chi connectivity index (χ1n) is 12.0. The maximum Gasteiger partial charge on any atom is 0.227 e. The van der Waals surface area contributed by atoms with Crippen molar-refractivity contribution < 1.29 is 13.2 Å². The van der Waals surface area contributed by atoms with Crippen LogP contribution in [-0.4, -0.2) is 36.3 Å². The Morgan fingerprint density at radius 3 is 2.39 bits per heavy atom. The Morgan fingerprint density at radius 1 is 0.944 bits per heavy atom. The van der Waals surface area contributed by atoms with E-state index in [4.69, 9.17) is 23.2 Å². The standard InChI is InChI=1S/C27H27Cl2N3O3S/c1-2-32-25-6-4-3-5-21(25)22-16-20(8-10-26(22)32)30-27(33)19-11-13-31(14-12-19)36(34,35)17-18-7-9-23(28)24(29)15-18/h3-10,15-16,19H,2,11-14,17H2,1H3,(H,30,33). The third-order valence-corrected chi connectivity index (χ3v) is 9.50. The molecule has 0 spiro atoms. The van der Waals surface area contributed by atoms with E-state index in [1.54, 1.807) is 18.2 Å². The van der Waals surface area contributed by atoms with Crippen molar-refractivity contribution in [2.24, 2.45) is 5.92 Å². The van der Waals surface area contributed by atoms with Gasteiger partial charge >= 0.3 is 0 Å². The van der Waals surface area contributed by atoms with E-state index in [1.165, 1.54) is 9.82 Å². The highest BCUT2D eigenvalue weighted by atomic mass is 35.5. The van der Waals surface area contributed by atoms with E-state index in [1.807, 2.05) is 30.3 Å². The number of nitrogens with one attached hydrogen (secondary N) is 1. The quantitative estimate of drug-likeness (QED) is 0.310. The van der Waals surface area contributed by atoms with Gasteiger partial charge in [0.25, 0.3) is 0 Å². The summed E-state index contributed by atoms with van der Waals surface area (Å²) < 4.78 is 29.6. The summed E-state index contributed by atoms with van der Waals surface area (Å²) in [5.74, 6) is -0.462. The number of halogens is 2. The molecule has 1 fully saturated rings. The van der Waals surface area contributed by atoms with Gasteiger partial charge < -0.3 is 9.88 Å². The number of carbonyl (C=O) groups is 1. The molecule has 5 rings (SSSR count). The second kappa shape index (κ2) is 10.1. The van der Waals surface area contributed by atoms with Crippen molar-refractivity contribution in [2.45, 2.75) is 32.1 Å². The first kappa shape index (κ1) is 25.1. The highest BCUT2D eigenvalue weighted by Crippen LogP contribution is 2.32. The summed E-state index contributed by atoms with van der Waals surface area (Å²) in [6, 6.07) is 19.1. The molecule has 0 atom stereocenters. The lowest BCUT2D eigenvalue weighted by atomic mass is 9.97. The molecule has 0 radical (unpaired) electrons. The summed E-state index contributed by atoms with van der Waals surface area (Å²) in [4.78, 5) is 13.0. The molecule has 3 aromatic carbocycles. The number of amides is 1. The number of anilines is 1. The number of piperidine rings is 1. The van der Waals surface area contributed by atoms with E-state index in [-0.39, 0.29) is 17.6 Å². The lowest BCUT2D eigenvalue weighted by Crippen LogP contribution is -2.41. The van der Waals surface area contributed by atoms with Gasteiger partial charge in [0.2, 0.25) is 15.9 Å². The third-order valence-electron chi connectivity index (χ3n) is 6.91. The second-order valence-corrected chi connectivity index (χ2v) is 11.9. The van der Waals surface area contributed by atoms with Crippen molar-refractivity contribution in [3.63, 3.8) is 0 Å². The molecule has 1 aliphatic rings. The SMILES string of the molecule is CCn1c2ccccc2c2cc(NC(=O)C3CCN(S(=O)(=O)Cc4ccc(Cl)c(Cl)c4)CC3)ccc21. The normalized spacial score (nSPS) is 15.5. The highest BCUT2D eigenvalue weighted by Gasteiger charge is 2.31. The van der Waals surface area contributed by atoms with Gasteiger partial charge in [-0.25, -0.2) is 12.7 Å². The number of fused-ring (bicyclic) bond motifs is 3. The predicted octanol–water partition coefficient (Wildman–Crippen LogP) is 6.30. The molecule has 36 heavy (non-hydrogen) atoms. The van der Waals surface area contributed by atoms with Crippen molar-refractivity contribution >= 4 is 66.6 Å². The molecular formula is C27H27Cl2N3O3S. The molecule has 9 heteroatoms. The van der Waals surface area contributed by atoms with Crippen molar-refractivity contribution in [1.82, 2.24) is 8.87 Å². The van der Waals surface area contributed by atoms with Crippen LogP contribution in [0.15, 0.2) is 60.7 Å². The van der Waals surface area contributed by atoms with Gasteiger partial charge in [0.05, 0.1) is 15.8 Å². The Hall–Kier alpha value is -2.58. The smallest absolute Gasteiger partial charge is 0.227 e. The van der Waals surface area contributed by atoms with Crippen LogP contribution in [0, 0.1) is 5.92 Å². The third kappa shape index (κ3) is 4.85. The topological polar surface area (TPSA) is 71.4 Å². The largest absolute Gasteiger partial charge is 0.341 e. The molecular weight excluding hydrogens is 517 g/mol. The minimum absolute atomic E-state index is 0.0740. The Bertz CT molecular complexity index is 1560. The first-order valence-corrected chi connectivity index (χ1v) is 14.4. The fraction of sp³-hybridized carbons (Fsp3) is 0.296. The minimum atomic E-state index is -3.52. The maximum absolute atomic E-state index is 13.0. The van der Waals surface area contributed by atoms with Gasteiger partial charge in [-0.3, -0.25) is 4.79 Å². The molecule has 2 heterocycles. The monoisotopic (exact) mass is 543 g/mol. The second-order valence-electron chi connectivity index (χ2n) is 9.16. The molecule has 188 valence electrons. The van der Waals surface area contributed by atoms with E-state index < -0.39 is 10.0 Å². The van der Waals surface area contributed by atoms with Crippen LogP contribution in [0.2, 0.25) is 10.0 Å². The Labute approximate surface area is 220 Å². The first-order chi connectivity index (χ1) is 17.3. The maximum atomic E-state index is 13.0. The Morgan fingerprint density at radius 2 is 1.67 bits per heavy atom. The molecule has 1 saturated heterocycles. The molecule has 6 nitrogen and oxygen atoms in total. The van der Waals surface area contributed by atoms with Crippen LogP contribution in [0.4, 0.5) is 5.69 Å². The fourth-order valence-electron chi connectivity index (χ4n) is 5.04. The van der Waals surface area contributed by atoms with Gasteiger partial charge in [-0.05, 0) is 61.7 Å². The molecule has 4 aromatic rings. The van der Waals surface area contributed by atoms with Crippen LogP contribution in [0.5, 0.6) is 0 Å². The van der Waals surface area contributed by atoms with Gasteiger partial charge in [-0.1, -0.05) is 47.5 Å². The molecule has 0 bridgehead atoms. The van der Waals surface area contributed by atoms with E-state index in [9.17, 15) is 13.2 Å². The number of aryl methyl sites for hydroxylation is 1. The van der Waals surface area contributed by atoms with E-state index in [0.717, 1.165) is 28.5 Å². The van der Waals surface area contributed by atoms with Gasteiger partial charge in [0, 0.05) is 53.0 Å². The van der Waals surface area contributed by atoms with Gasteiger partial charge in [-0.2, -0.15) is 0 Å². The molecule has 0 saturated carbocycles. The lowest BCUT2D eigenvalue weighted by molar-refractivity contribution is -0.120. The number of para-hydroxylation sites is 1. The number of hydrogen-bond acceptors (Lipinski definition) is 3. The molecule has 0 aliphatic carbocycles. The van der Waals surface area contributed by atoms with Crippen molar-refractivity contribution in [3.8, 4) is 0 Å². The van der Waals surface area contributed by atoms with Crippen LogP contribution >= 0.6 is 23.2 Å². The zero-order valence-corrected chi connectivity index (χ0v) is 22.2. The molecule has 1 amide bonds. The summed E-state index contributed by atoms with van der Waals surface area (Å²) in [6.45, 7) is 3.61. The summed E-state index contributed by atoms with van der Waals surface area (Å²) in [5.41, 5.74) is 3.65. The summed E-state index contributed by atoms with van der Waals surface area (Å²) >= 11 is 12.0. The summed E-state index contributed by atoms with van der Waals surface area (Å²) in [7, 11) is -3.52.